The lowest BCUT2D eigenvalue weighted by Gasteiger charge is -2.39. The molecule has 2 fully saturated rings. The summed E-state index contributed by atoms with van der Waals surface area (Å²) in [6.07, 6.45) is 3.49. The van der Waals surface area contributed by atoms with Crippen LogP contribution in [-0.4, -0.2) is 46.8 Å². The molecule has 8 heteroatoms. The van der Waals surface area contributed by atoms with E-state index in [1.54, 1.807) is 0 Å². The summed E-state index contributed by atoms with van der Waals surface area (Å²) in [7, 11) is 0. The second-order valence-electron chi connectivity index (χ2n) is 5.26. The minimum absolute atomic E-state index is 0.138. The van der Waals surface area contributed by atoms with E-state index in [2.05, 4.69) is 10.5 Å². The second kappa shape index (κ2) is 5.48. The summed E-state index contributed by atoms with van der Waals surface area (Å²) in [6.45, 7) is -0.351. The molecular formula is C12H18N4O4. The molecule has 1 aliphatic carbocycles. The molecular weight excluding hydrogens is 264 g/mol. The van der Waals surface area contributed by atoms with Crippen molar-refractivity contribution in [1.29, 1.82) is 0 Å². The average molecular weight is 282 g/mol. The van der Waals surface area contributed by atoms with E-state index in [0.717, 1.165) is 19.3 Å². The number of nitrogens with two attached hydrogens (primary N) is 1. The summed E-state index contributed by atoms with van der Waals surface area (Å²) < 4.78 is 0. The Balaban J connectivity index is 2.27. The Morgan fingerprint density at radius 2 is 1.75 bits per heavy atom. The first-order valence-corrected chi connectivity index (χ1v) is 6.59. The standard InChI is InChI=1S/C12H18N4O4/c13-10(15-20)12(4-2-1-3-5-12)11(19)16-6-8(17)14-9(18)7-16/h20H,1-7H2,(H2,13,15)(H,14,17,18). The lowest BCUT2D eigenvalue weighted by molar-refractivity contribution is -0.150. The molecule has 0 aromatic rings. The third-order valence-corrected chi connectivity index (χ3v) is 3.95. The molecule has 0 aromatic heterocycles. The molecule has 0 spiro atoms. The number of carbonyl (C=O) groups is 3. The molecule has 0 unspecified atom stereocenters. The Morgan fingerprint density at radius 3 is 2.25 bits per heavy atom. The van der Waals surface area contributed by atoms with Crippen molar-refractivity contribution in [2.75, 3.05) is 13.1 Å². The third kappa shape index (κ3) is 2.45. The fourth-order valence-corrected chi connectivity index (χ4v) is 2.91. The van der Waals surface area contributed by atoms with Crippen molar-refractivity contribution in [3.05, 3.63) is 0 Å². The fourth-order valence-electron chi connectivity index (χ4n) is 2.91. The average Bonchev–Trinajstić information content (AvgIpc) is 2.45. The van der Waals surface area contributed by atoms with Crippen LogP contribution in [0.5, 0.6) is 0 Å². The highest BCUT2D eigenvalue weighted by molar-refractivity contribution is 6.10. The summed E-state index contributed by atoms with van der Waals surface area (Å²) in [5, 5.41) is 14.1. The van der Waals surface area contributed by atoms with Crippen molar-refractivity contribution in [3.8, 4) is 0 Å². The molecule has 0 radical (unpaired) electrons. The molecule has 2 aliphatic rings. The molecule has 1 aliphatic heterocycles. The van der Waals surface area contributed by atoms with Crippen LogP contribution in [0.4, 0.5) is 0 Å². The predicted molar refractivity (Wildman–Crippen MR) is 68.7 cm³/mol. The van der Waals surface area contributed by atoms with Gasteiger partial charge >= 0.3 is 0 Å². The summed E-state index contributed by atoms with van der Waals surface area (Å²) >= 11 is 0. The maximum atomic E-state index is 12.7. The van der Waals surface area contributed by atoms with E-state index in [1.165, 1.54) is 4.90 Å². The third-order valence-electron chi connectivity index (χ3n) is 3.95. The van der Waals surface area contributed by atoms with Gasteiger partial charge in [-0.2, -0.15) is 0 Å². The number of amides is 3. The first-order chi connectivity index (χ1) is 9.49. The molecule has 1 heterocycles. The number of hydrogen-bond acceptors (Lipinski definition) is 5. The van der Waals surface area contributed by atoms with Gasteiger partial charge in [0.05, 0.1) is 0 Å². The van der Waals surface area contributed by atoms with E-state index in [4.69, 9.17) is 10.9 Å². The minimum Gasteiger partial charge on any atom is -0.409 e. The van der Waals surface area contributed by atoms with Gasteiger partial charge < -0.3 is 15.8 Å². The Morgan fingerprint density at radius 1 is 1.20 bits per heavy atom. The maximum absolute atomic E-state index is 12.7. The van der Waals surface area contributed by atoms with Gasteiger partial charge in [0.1, 0.15) is 18.5 Å². The van der Waals surface area contributed by atoms with Crippen molar-refractivity contribution in [2.24, 2.45) is 16.3 Å². The zero-order valence-electron chi connectivity index (χ0n) is 11.1. The van der Waals surface area contributed by atoms with E-state index in [9.17, 15) is 14.4 Å². The second-order valence-corrected chi connectivity index (χ2v) is 5.26. The van der Waals surface area contributed by atoms with Crippen molar-refractivity contribution in [3.63, 3.8) is 0 Å². The summed E-state index contributed by atoms with van der Waals surface area (Å²) in [5.41, 5.74) is 4.63. The molecule has 0 atom stereocenters. The maximum Gasteiger partial charge on any atom is 0.246 e. The van der Waals surface area contributed by atoms with Gasteiger partial charge in [-0.15, -0.1) is 0 Å². The topological polar surface area (TPSA) is 125 Å². The number of carbonyl (C=O) groups excluding carboxylic acids is 3. The molecule has 20 heavy (non-hydrogen) atoms. The molecule has 8 nitrogen and oxygen atoms in total. The Labute approximate surface area is 116 Å². The van der Waals surface area contributed by atoms with Gasteiger partial charge in [-0.1, -0.05) is 24.4 Å². The van der Waals surface area contributed by atoms with Crippen LogP contribution in [0.3, 0.4) is 0 Å². The van der Waals surface area contributed by atoms with Crippen molar-refractivity contribution in [2.45, 2.75) is 32.1 Å². The van der Waals surface area contributed by atoms with E-state index in [0.29, 0.717) is 12.8 Å². The van der Waals surface area contributed by atoms with Gasteiger partial charge in [0.15, 0.2) is 5.84 Å². The smallest absolute Gasteiger partial charge is 0.246 e. The van der Waals surface area contributed by atoms with Gasteiger partial charge in [-0.3, -0.25) is 19.7 Å². The van der Waals surface area contributed by atoms with Gasteiger partial charge in [0, 0.05) is 0 Å². The van der Waals surface area contributed by atoms with Crippen molar-refractivity contribution >= 4 is 23.6 Å². The van der Waals surface area contributed by atoms with Gasteiger partial charge in [-0.25, -0.2) is 0 Å². The summed E-state index contributed by atoms with van der Waals surface area (Å²) in [5.74, 6) is -1.57. The SMILES string of the molecule is NC(=NO)C1(C(=O)N2CC(=O)NC(=O)C2)CCCCC1. The normalized spacial score (nSPS) is 23.4. The minimum atomic E-state index is -1.09. The van der Waals surface area contributed by atoms with Crippen LogP contribution in [0.25, 0.3) is 0 Å². The molecule has 110 valence electrons. The Bertz CT molecular complexity index is 452. The quantitative estimate of drug-likeness (QED) is 0.200. The van der Waals surface area contributed by atoms with Crippen LogP contribution in [0.2, 0.25) is 0 Å². The number of imide groups is 1. The fraction of sp³-hybridized carbons (Fsp3) is 0.667. The predicted octanol–water partition coefficient (Wildman–Crippen LogP) is -0.832. The van der Waals surface area contributed by atoms with E-state index in [1.807, 2.05) is 0 Å². The number of amidine groups is 1. The highest BCUT2D eigenvalue weighted by atomic mass is 16.4. The first-order valence-electron chi connectivity index (χ1n) is 6.59. The first kappa shape index (κ1) is 14.3. The zero-order chi connectivity index (χ0) is 14.8. The van der Waals surface area contributed by atoms with Crippen LogP contribution in [0.15, 0.2) is 5.16 Å². The molecule has 3 amide bonds. The lowest BCUT2D eigenvalue weighted by Crippen LogP contribution is -2.59. The highest BCUT2D eigenvalue weighted by Crippen LogP contribution is 2.38. The van der Waals surface area contributed by atoms with Gasteiger partial charge in [-0.05, 0) is 12.8 Å². The van der Waals surface area contributed by atoms with Gasteiger partial charge in [0.2, 0.25) is 17.7 Å². The van der Waals surface area contributed by atoms with Crippen molar-refractivity contribution < 1.29 is 19.6 Å². The monoisotopic (exact) mass is 282 g/mol. The van der Waals surface area contributed by atoms with Crippen LogP contribution >= 0.6 is 0 Å². The van der Waals surface area contributed by atoms with Crippen molar-refractivity contribution in [1.82, 2.24) is 10.2 Å². The summed E-state index contributed by atoms with van der Waals surface area (Å²) in [6, 6.07) is 0. The Hall–Kier alpha value is -2.12. The van der Waals surface area contributed by atoms with Crippen LogP contribution in [0.1, 0.15) is 32.1 Å². The molecule has 1 saturated carbocycles. The van der Waals surface area contributed by atoms with E-state index < -0.39 is 23.1 Å². The van der Waals surface area contributed by atoms with E-state index >= 15 is 0 Å². The zero-order valence-corrected chi connectivity index (χ0v) is 11.1. The number of nitrogens with one attached hydrogen (secondary N) is 1. The largest absolute Gasteiger partial charge is 0.409 e. The van der Waals surface area contributed by atoms with Crippen LogP contribution < -0.4 is 11.1 Å². The molecule has 4 N–H and O–H groups in total. The molecule has 2 rings (SSSR count). The number of nitrogens with zero attached hydrogens (tertiary/aromatic N) is 2. The highest BCUT2D eigenvalue weighted by Gasteiger charge is 2.47. The number of rotatable bonds is 2. The molecule has 0 aromatic carbocycles. The molecule has 1 saturated heterocycles. The lowest BCUT2D eigenvalue weighted by atomic mass is 9.72. The van der Waals surface area contributed by atoms with Crippen LogP contribution in [0, 0.1) is 5.41 Å². The number of piperazine rings is 1. The van der Waals surface area contributed by atoms with Gasteiger partial charge in [0.25, 0.3) is 0 Å². The number of oxime groups is 1. The number of hydrogen-bond donors (Lipinski definition) is 3. The summed E-state index contributed by atoms with van der Waals surface area (Å²) in [4.78, 5) is 36.6. The van der Waals surface area contributed by atoms with Crippen LogP contribution in [-0.2, 0) is 14.4 Å². The molecule has 0 bridgehead atoms. The Kier molecular flexibility index (Phi) is 3.91. The van der Waals surface area contributed by atoms with E-state index in [-0.39, 0.29) is 18.9 Å².